The number of ether oxygens (including phenoxy) is 2. The molecule has 1 N–H and O–H groups in total. The smallest absolute Gasteiger partial charge is 0.187 e. The molecule has 0 aromatic carbocycles. The highest BCUT2D eigenvalue weighted by atomic mass is 35.5. The summed E-state index contributed by atoms with van der Waals surface area (Å²) in [7, 11) is 0. The molecule has 0 aliphatic carbocycles. The Balaban J connectivity index is 0.00000150. The van der Waals surface area contributed by atoms with Crippen molar-refractivity contribution in [2.75, 3.05) is 57.4 Å². The Morgan fingerprint density at radius 2 is 2.14 bits per heavy atom. The van der Waals surface area contributed by atoms with Crippen molar-refractivity contribution in [3.05, 3.63) is 35.6 Å². The second kappa shape index (κ2) is 11.1. The highest BCUT2D eigenvalue weighted by Crippen LogP contribution is 2.32. The molecular weight excluding hydrogens is 437 g/mol. The Hall–Kier alpha value is -1.49. The van der Waals surface area contributed by atoms with Crippen molar-refractivity contribution in [1.82, 2.24) is 20.2 Å². The molecule has 0 spiro atoms. The number of morpholine rings is 1. The number of rotatable bonds is 6. The van der Waals surface area contributed by atoms with Crippen LogP contribution in [0.4, 0.5) is 5.13 Å². The average molecular weight is 462 g/mol. The lowest BCUT2D eigenvalue weighted by Gasteiger charge is -2.53. The van der Waals surface area contributed by atoms with Crippen molar-refractivity contribution >= 4 is 47.6 Å². The summed E-state index contributed by atoms with van der Waals surface area (Å²) < 4.78 is 11.7. The van der Waals surface area contributed by atoms with Crippen LogP contribution in [-0.4, -0.2) is 79.4 Å². The second-order valence-electron chi connectivity index (χ2n) is 6.56. The fraction of sp³-hybridized carbons (Fsp3) is 0.500. The van der Waals surface area contributed by atoms with Crippen molar-refractivity contribution in [2.45, 2.75) is 5.66 Å². The van der Waals surface area contributed by atoms with Crippen molar-refractivity contribution in [3.63, 3.8) is 0 Å². The van der Waals surface area contributed by atoms with E-state index in [4.69, 9.17) is 9.47 Å². The molecule has 8 nitrogen and oxygen atoms in total. The van der Waals surface area contributed by atoms with Crippen molar-refractivity contribution < 1.29 is 14.3 Å². The molecule has 2 fully saturated rings. The third kappa shape index (κ3) is 5.17. The first kappa shape index (κ1) is 23.8. The molecule has 2 saturated heterocycles. The third-order valence-electron chi connectivity index (χ3n) is 4.99. The van der Waals surface area contributed by atoms with E-state index in [1.165, 1.54) is 11.3 Å². The molecule has 2 aromatic rings. The number of pyridine rings is 1. The van der Waals surface area contributed by atoms with Crippen molar-refractivity contribution in [1.29, 1.82) is 0 Å². The normalized spacial score (nSPS) is 22.3. The van der Waals surface area contributed by atoms with Crippen LogP contribution in [0.3, 0.4) is 0 Å². The molecule has 2 aliphatic rings. The van der Waals surface area contributed by atoms with E-state index in [1.807, 2.05) is 12.1 Å². The summed E-state index contributed by atoms with van der Waals surface area (Å²) in [4.78, 5) is 24.5. The summed E-state index contributed by atoms with van der Waals surface area (Å²) in [5.74, 6) is 0.739. The number of halogens is 2. The third-order valence-corrected chi connectivity index (χ3v) is 5.87. The molecule has 11 heteroatoms. The van der Waals surface area contributed by atoms with Gasteiger partial charge in [0.05, 0.1) is 19.4 Å². The molecule has 4 heterocycles. The maximum Gasteiger partial charge on any atom is 0.187 e. The largest absolute Gasteiger partial charge is 0.488 e. The number of piperazine rings is 1. The first-order valence-corrected chi connectivity index (χ1v) is 9.94. The monoisotopic (exact) mass is 461 g/mol. The fourth-order valence-electron chi connectivity index (χ4n) is 3.62. The zero-order chi connectivity index (χ0) is 18.5. The number of nitrogens with zero attached hydrogens (tertiary/aromatic N) is 4. The van der Waals surface area contributed by atoms with Gasteiger partial charge in [-0.3, -0.25) is 14.7 Å². The second-order valence-corrected chi connectivity index (χ2v) is 7.40. The van der Waals surface area contributed by atoms with Crippen molar-refractivity contribution in [3.8, 4) is 5.75 Å². The first-order chi connectivity index (χ1) is 13.3. The zero-order valence-corrected chi connectivity index (χ0v) is 18.3. The van der Waals surface area contributed by atoms with Gasteiger partial charge in [0, 0.05) is 44.3 Å². The number of aldehydes is 1. The standard InChI is InChI=1S/C18H23N5O3S.2ClH/c24-11-15-12-27-17(21-15)23-5-4-20-13-18(23,22-6-8-25-9-7-22)14-26-16-2-1-3-19-10-16;;/h1-3,10-12,20H,4-9,13-14H2;2*1H. The summed E-state index contributed by atoms with van der Waals surface area (Å²) in [5, 5.41) is 6.17. The lowest BCUT2D eigenvalue weighted by Crippen LogP contribution is -2.73. The van der Waals surface area contributed by atoms with E-state index in [9.17, 15) is 4.79 Å². The molecule has 2 aromatic heterocycles. The maximum atomic E-state index is 11.1. The van der Waals surface area contributed by atoms with Crippen LogP contribution in [-0.2, 0) is 4.74 Å². The highest BCUT2D eigenvalue weighted by molar-refractivity contribution is 7.13. The summed E-state index contributed by atoms with van der Waals surface area (Å²) in [5.41, 5.74) is 0.0631. The van der Waals surface area contributed by atoms with Crippen LogP contribution in [0.1, 0.15) is 10.5 Å². The summed E-state index contributed by atoms with van der Waals surface area (Å²) in [6, 6.07) is 3.78. The van der Waals surface area contributed by atoms with Gasteiger partial charge in [0.15, 0.2) is 11.4 Å². The molecule has 1 unspecified atom stereocenters. The predicted molar refractivity (Wildman–Crippen MR) is 117 cm³/mol. The lowest BCUT2D eigenvalue weighted by molar-refractivity contribution is -0.0452. The molecular formula is C18H25Cl2N5O3S. The van der Waals surface area contributed by atoms with Crippen LogP contribution in [0.15, 0.2) is 29.9 Å². The van der Waals surface area contributed by atoms with Crippen molar-refractivity contribution in [2.24, 2.45) is 0 Å². The van der Waals surface area contributed by atoms with Crippen LogP contribution in [0.5, 0.6) is 5.75 Å². The lowest BCUT2D eigenvalue weighted by atomic mass is 10.0. The number of carbonyl (C=O) groups is 1. The van der Waals surface area contributed by atoms with E-state index >= 15 is 0 Å². The summed E-state index contributed by atoms with van der Waals surface area (Å²) >= 11 is 1.50. The van der Waals surface area contributed by atoms with Crippen LogP contribution >= 0.6 is 36.2 Å². The Labute approximate surface area is 186 Å². The maximum absolute atomic E-state index is 11.1. The van der Waals surface area contributed by atoms with Gasteiger partial charge >= 0.3 is 0 Å². The molecule has 0 radical (unpaired) electrons. The molecule has 0 amide bonds. The molecule has 1 atom stereocenters. The summed E-state index contributed by atoms with van der Waals surface area (Å²) in [6.45, 7) is 5.88. The predicted octanol–water partition coefficient (Wildman–Crippen LogP) is 1.71. The quantitative estimate of drug-likeness (QED) is 0.651. The Morgan fingerprint density at radius 1 is 1.31 bits per heavy atom. The van der Waals surface area contributed by atoms with E-state index in [0.717, 1.165) is 49.9 Å². The molecule has 0 bridgehead atoms. The number of anilines is 1. The average Bonchev–Trinajstić information content (AvgIpc) is 3.23. The highest BCUT2D eigenvalue weighted by Gasteiger charge is 2.46. The minimum absolute atomic E-state index is 0. The number of thiazole rings is 1. The van der Waals surface area contributed by atoms with Gasteiger partial charge in [0.2, 0.25) is 0 Å². The molecule has 0 saturated carbocycles. The Kier molecular flexibility index (Phi) is 9.06. The van der Waals surface area contributed by atoms with Gasteiger partial charge in [-0.1, -0.05) is 0 Å². The number of hydrogen-bond donors (Lipinski definition) is 1. The van der Waals surface area contributed by atoms with Gasteiger partial charge in [-0.2, -0.15) is 0 Å². The van der Waals surface area contributed by atoms with Crippen LogP contribution < -0.4 is 15.0 Å². The number of nitrogens with one attached hydrogen (secondary N) is 1. The Bertz CT molecular complexity index is 763. The van der Waals surface area contributed by atoms with Gasteiger partial charge < -0.3 is 19.7 Å². The van der Waals surface area contributed by atoms with E-state index in [1.54, 1.807) is 17.8 Å². The van der Waals surface area contributed by atoms with Gasteiger partial charge in [0.25, 0.3) is 0 Å². The SMILES string of the molecule is Cl.Cl.O=Cc1csc(N2CCNCC2(COc2cccnc2)N2CCOCC2)n1. The van der Waals surface area contributed by atoms with E-state index in [-0.39, 0.29) is 24.8 Å². The van der Waals surface area contributed by atoms with Gasteiger partial charge in [-0.05, 0) is 12.1 Å². The van der Waals surface area contributed by atoms with Crippen LogP contribution in [0.2, 0.25) is 0 Å². The molecule has 29 heavy (non-hydrogen) atoms. The molecule has 4 rings (SSSR count). The number of hydrogen-bond acceptors (Lipinski definition) is 9. The topological polar surface area (TPSA) is 79.8 Å². The minimum Gasteiger partial charge on any atom is -0.488 e. The fourth-order valence-corrected chi connectivity index (χ4v) is 4.51. The number of carbonyl (C=O) groups excluding carboxylic acids is 1. The van der Waals surface area contributed by atoms with Gasteiger partial charge in [-0.15, -0.1) is 36.2 Å². The van der Waals surface area contributed by atoms with E-state index in [0.29, 0.717) is 25.5 Å². The molecule has 2 aliphatic heterocycles. The number of aromatic nitrogens is 2. The van der Waals surface area contributed by atoms with Gasteiger partial charge in [0.1, 0.15) is 23.7 Å². The first-order valence-electron chi connectivity index (χ1n) is 9.06. The van der Waals surface area contributed by atoms with Crippen LogP contribution in [0, 0.1) is 0 Å². The van der Waals surface area contributed by atoms with E-state index < -0.39 is 5.66 Å². The summed E-state index contributed by atoms with van der Waals surface area (Å²) in [6.07, 6.45) is 4.25. The Morgan fingerprint density at radius 3 is 2.83 bits per heavy atom. The van der Waals surface area contributed by atoms with Crippen LogP contribution in [0.25, 0.3) is 0 Å². The zero-order valence-electron chi connectivity index (χ0n) is 15.9. The van der Waals surface area contributed by atoms with E-state index in [2.05, 4.69) is 25.1 Å². The minimum atomic E-state index is -0.407. The molecule has 160 valence electrons. The van der Waals surface area contributed by atoms with Gasteiger partial charge in [-0.25, -0.2) is 4.98 Å².